The van der Waals surface area contributed by atoms with Gasteiger partial charge in [0.2, 0.25) is 0 Å². The molecular formula is C10H16N2O2S. The normalized spacial score (nSPS) is 24.0. The van der Waals surface area contributed by atoms with Crippen molar-refractivity contribution in [3.05, 3.63) is 16.1 Å². The fourth-order valence-electron chi connectivity index (χ4n) is 1.63. The van der Waals surface area contributed by atoms with Gasteiger partial charge in [-0.05, 0) is 6.92 Å². The van der Waals surface area contributed by atoms with Gasteiger partial charge in [0.1, 0.15) is 0 Å². The Balaban J connectivity index is 1.88. The van der Waals surface area contributed by atoms with E-state index in [1.54, 1.807) is 11.3 Å². The molecule has 2 rings (SSSR count). The number of hydrogen-bond donors (Lipinski definition) is 1. The lowest BCUT2D eigenvalue weighted by Crippen LogP contribution is -2.44. The summed E-state index contributed by atoms with van der Waals surface area (Å²) < 4.78 is 10.9. The second-order valence-corrected chi connectivity index (χ2v) is 4.77. The van der Waals surface area contributed by atoms with Crippen LogP contribution in [0.5, 0.6) is 0 Å². The van der Waals surface area contributed by atoms with E-state index in [0.717, 1.165) is 17.1 Å². The molecule has 1 saturated heterocycles. The smallest absolute Gasteiger partial charge is 0.0963 e. The lowest BCUT2D eigenvalue weighted by atomic mass is 10.1. The van der Waals surface area contributed by atoms with Crippen LogP contribution < -0.4 is 5.73 Å². The van der Waals surface area contributed by atoms with Gasteiger partial charge in [0.25, 0.3) is 0 Å². The number of hydrogen-bond acceptors (Lipinski definition) is 5. The number of aryl methyl sites for hydroxylation is 1. The molecule has 0 bridgehead atoms. The summed E-state index contributed by atoms with van der Waals surface area (Å²) >= 11 is 1.65. The first-order valence-electron chi connectivity index (χ1n) is 5.11. The van der Waals surface area contributed by atoms with Crippen LogP contribution in [0.15, 0.2) is 5.38 Å². The van der Waals surface area contributed by atoms with E-state index >= 15 is 0 Å². The summed E-state index contributed by atoms with van der Waals surface area (Å²) in [7, 11) is 0. The molecule has 1 aromatic heterocycles. The molecule has 2 atom stereocenters. The molecule has 1 aliphatic heterocycles. The van der Waals surface area contributed by atoms with Crippen LogP contribution in [-0.4, -0.2) is 37.0 Å². The number of ether oxygens (including phenoxy) is 2. The van der Waals surface area contributed by atoms with Gasteiger partial charge in [0.15, 0.2) is 0 Å². The molecule has 2 unspecified atom stereocenters. The fourth-order valence-corrected chi connectivity index (χ4v) is 2.25. The first-order chi connectivity index (χ1) is 7.25. The number of nitrogens with two attached hydrogens (primary N) is 1. The first-order valence-corrected chi connectivity index (χ1v) is 5.99. The Labute approximate surface area is 93.4 Å². The third-order valence-corrected chi connectivity index (χ3v) is 3.25. The van der Waals surface area contributed by atoms with E-state index in [1.165, 1.54) is 0 Å². The SMILES string of the molecule is Cc1nc(CC(N)C2COCCO2)cs1. The summed E-state index contributed by atoms with van der Waals surface area (Å²) in [5.74, 6) is 0. The maximum atomic E-state index is 6.05. The Kier molecular flexibility index (Phi) is 3.69. The second kappa shape index (κ2) is 5.03. The summed E-state index contributed by atoms with van der Waals surface area (Å²) in [5, 5.41) is 3.14. The van der Waals surface area contributed by atoms with E-state index < -0.39 is 0 Å². The maximum Gasteiger partial charge on any atom is 0.0963 e. The number of thiazole rings is 1. The Morgan fingerprint density at radius 1 is 1.67 bits per heavy atom. The maximum absolute atomic E-state index is 6.05. The summed E-state index contributed by atoms with van der Waals surface area (Å²) in [5.41, 5.74) is 7.10. The topological polar surface area (TPSA) is 57.4 Å². The molecule has 84 valence electrons. The predicted molar refractivity (Wildman–Crippen MR) is 59.1 cm³/mol. The Hall–Kier alpha value is -0.490. The van der Waals surface area contributed by atoms with Crippen molar-refractivity contribution in [1.82, 2.24) is 4.98 Å². The van der Waals surface area contributed by atoms with E-state index in [-0.39, 0.29) is 12.1 Å². The van der Waals surface area contributed by atoms with Crippen molar-refractivity contribution in [1.29, 1.82) is 0 Å². The highest BCUT2D eigenvalue weighted by Gasteiger charge is 2.22. The van der Waals surface area contributed by atoms with Crippen molar-refractivity contribution < 1.29 is 9.47 Å². The van der Waals surface area contributed by atoms with Crippen LogP contribution in [-0.2, 0) is 15.9 Å². The molecule has 0 spiro atoms. The van der Waals surface area contributed by atoms with E-state index in [9.17, 15) is 0 Å². The van der Waals surface area contributed by atoms with Gasteiger partial charge in [-0.3, -0.25) is 0 Å². The largest absolute Gasteiger partial charge is 0.376 e. The summed E-state index contributed by atoms with van der Waals surface area (Å²) in [6, 6.07) is -0.0215. The quantitative estimate of drug-likeness (QED) is 0.829. The van der Waals surface area contributed by atoms with Crippen LogP contribution in [0, 0.1) is 6.92 Å². The van der Waals surface area contributed by atoms with E-state index in [1.807, 2.05) is 6.92 Å². The van der Waals surface area contributed by atoms with Gasteiger partial charge >= 0.3 is 0 Å². The molecule has 1 fully saturated rings. The molecule has 0 amide bonds. The summed E-state index contributed by atoms with van der Waals surface area (Å²) in [4.78, 5) is 4.39. The number of rotatable bonds is 3. The van der Waals surface area contributed by atoms with E-state index in [4.69, 9.17) is 15.2 Å². The molecule has 1 aromatic rings. The van der Waals surface area contributed by atoms with Crippen molar-refractivity contribution >= 4 is 11.3 Å². The molecule has 0 aliphatic carbocycles. The van der Waals surface area contributed by atoms with E-state index in [2.05, 4.69) is 10.4 Å². The Morgan fingerprint density at radius 3 is 3.13 bits per heavy atom. The van der Waals surface area contributed by atoms with Crippen LogP contribution in [0.3, 0.4) is 0 Å². The van der Waals surface area contributed by atoms with Gasteiger partial charge in [0.05, 0.1) is 36.6 Å². The zero-order valence-corrected chi connectivity index (χ0v) is 9.63. The molecule has 0 radical (unpaired) electrons. The summed E-state index contributed by atoms with van der Waals surface area (Å²) in [6.45, 7) is 3.93. The molecule has 0 aromatic carbocycles. The lowest BCUT2D eigenvalue weighted by Gasteiger charge is -2.27. The minimum absolute atomic E-state index is 0.0146. The van der Waals surface area contributed by atoms with Crippen molar-refractivity contribution in [2.75, 3.05) is 19.8 Å². The molecule has 15 heavy (non-hydrogen) atoms. The van der Waals surface area contributed by atoms with Gasteiger partial charge in [0, 0.05) is 17.8 Å². The van der Waals surface area contributed by atoms with Crippen molar-refractivity contribution in [2.24, 2.45) is 5.73 Å². The lowest BCUT2D eigenvalue weighted by molar-refractivity contribution is -0.0968. The summed E-state index contributed by atoms with van der Waals surface area (Å²) in [6.07, 6.45) is 0.777. The molecule has 1 aliphatic rings. The average Bonchev–Trinajstić information content (AvgIpc) is 2.65. The number of aromatic nitrogens is 1. The van der Waals surface area contributed by atoms with E-state index in [0.29, 0.717) is 19.8 Å². The Morgan fingerprint density at radius 2 is 2.53 bits per heavy atom. The van der Waals surface area contributed by atoms with Gasteiger partial charge in [-0.1, -0.05) is 0 Å². The van der Waals surface area contributed by atoms with Crippen molar-refractivity contribution in [2.45, 2.75) is 25.5 Å². The standard InChI is InChI=1S/C10H16N2O2S/c1-7-12-8(6-15-7)4-9(11)10-5-13-2-3-14-10/h6,9-10H,2-5,11H2,1H3. The third kappa shape index (κ3) is 2.98. The highest BCUT2D eigenvalue weighted by atomic mass is 32.1. The zero-order valence-electron chi connectivity index (χ0n) is 8.81. The minimum Gasteiger partial charge on any atom is -0.376 e. The Bertz CT molecular complexity index is 310. The average molecular weight is 228 g/mol. The molecular weight excluding hydrogens is 212 g/mol. The van der Waals surface area contributed by atoms with Crippen molar-refractivity contribution in [3.63, 3.8) is 0 Å². The van der Waals surface area contributed by atoms with Crippen LogP contribution in [0.2, 0.25) is 0 Å². The fraction of sp³-hybridized carbons (Fsp3) is 0.700. The van der Waals surface area contributed by atoms with Crippen LogP contribution in [0.4, 0.5) is 0 Å². The molecule has 5 heteroatoms. The molecule has 2 heterocycles. The van der Waals surface area contributed by atoms with Gasteiger partial charge in [-0.15, -0.1) is 11.3 Å². The zero-order chi connectivity index (χ0) is 10.7. The second-order valence-electron chi connectivity index (χ2n) is 3.71. The minimum atomic E-state index is -0.0215. The number of nitrogens with zero attached hydrogens (tertiary/aromatic N) is 1. The third-order valence-electron chi connectivity index (χ3n) is 2.43. The van der Waals surface area contributed by atoms with Crippen molar-refractivity contribution in [3.8, 4) is 0 Å². The van der Waals surface area contributed by atoms with Gasteiger partial charge in [-0.25, -0.2) is 4.98 Å². The first kappa shape index (κ1) is 11.0. The van der Waals surface area contributed by atoms with Crippen LogP contribution in [0.1, 0.15) is 10.7 Å². The van der Waals surface area contributed by atoms with Gasteiger partial charge in [-0.2, -0.15) is 0 Å². The monoisotopic (exact) mass is 228 g/mol. The van der Waals surface area contributed by atoms with Crippen LogP contribution in [0.25, 0.3) is 0 Å². The molecule has 0 saturated carbocycles. The predicted octanol–water partition coefficient (Wildman–Crippen LogP) is 0.737. The highest BCUT2D eigenvalue weighted by Crippen LogP contribution is 2.13. The molecule has 2 N–H and O–H groups in total. The highest BCUT2D eigenvalue weighted by molar-refractivity contribution is 7.09. The van der Waals surface area contributed by atoms with Gasteiger partial charge < -0.3 is 15.2 Å². The van der Waals surface area contributed by atoms with Crippen LogP contribution >= 0.6 is 11.3 Å². The molecule has 4 nitrogen and oxygen atoms in total.